The van der Waals surface area contributed by atoms with E-state index in [4.69, 9.17) is 5.73 Å². The number of hydrogen-bond acceptors (Lipinski definition) is 2. The van der Waals surface area contributed by atoms with Gasteiger partial charge in [0, 0.05) is 5.25 Å². The molecule has 1 aliphatic rings. The number of thiol groups is 1. The molecule has 0 aromatic rings. The van der Waals surface area contributed by atoms with Crippen molar-refractivity contribution in [3.05, 3.63) is 0 Å². The molecule has 0 bridgehead atoms. The van der Waals surface area contributed by atoms with Gasteiger partial charge in [0.05, 0.1) is 0 Å². The number of rotatable bonds is 1. The second-order valence-electron chi connectivity index (χ2n) is 2.92. The van der Waals surface area contributed by atoms with Crippen molar-refractivity contribution in [2.75, 3.05) is 6.54 Å². The average Bonchev–Trinajstić information content (AvgIpc) is 1.88. The summed E-state index contributed by atoms with van der Waals surface area (Å²) in [5, 5.41) is 0.632. The summed E-state index contributed by atoms with van der Waals surface area (Å²) >= 11 is 4.42. The Morgan fingerprint density at radius 1 is 1.44 bits per heavy atom. The molecular weight excluding hydrogens is 130 g/mol. The summed E-state index contributed by atoms with van der Waals surface area (Å²) in [5.74, 6) is 0.765. The molecule has 1 fully saturated rings. The molecule has 0 heterocycles. The van der Waals surface area contributed by atoms with Crippen LogP contribution >= 0.6 is 12.6 Å². The van der Waals surface area contributed by atoms with E-state index >= 15 is 0 Å². The normalized spacial score (nSPS) is 36.7. The molecule has 2 heteroatoms. The summed E-state index contributed by atoms with van der Waals surface area (Å²) in [6.45, 7) is 0.858. The smallest absolute Gasteiger partial charge is 0.00199 e. The Balaban J connectivity index is 2.23. The number of hydrogen-bond donors (Lipinski definition) is 2. The molecule has 0 radical (unpaired) electrons. The molecule has 1 aliphatic carbocycles. The van der Waals surface area contributed by atoms with Crippen LogP contribution in [-0.2, 0) is 0 Å². The SMILES string of the molecule is NC[C@H]1CCC[C@H](S)C1. The highest BCUT2D eigenvalue weighted by Crippen LogP contribution is 2.26. The Bertz CT molecular complexity index is 85.0. The van der Waals surface area contributed by atoms with Crippen molar-refractivity contribution < 1.29 is 0 Å². The minimum Gasteiger partial charge on any atom is -0.330 e. The molecular formula is C7H15NS. The molecule has 54 valence electrons. The van der Waals surface area contributed by atoms with E-state index in [1.165, 1.54) is 25.7 Å². The fourth-order valence-corrected chi connectivity index (χ4v) is 1.96. The van der Waals surface area contributed by atoms with E-state index in [1.807, 2.05) is 0 Å². The summed E-state index contributed by atoms with van der Waals surface area (Å²) in [7, 11) is 0. The van der Waals surface area contributed by atoms with Gasteiger partial charge in [0.25, 0.3) is 0 Å². The van der Waals surface area contributed by atoms with Crippen LogP contribution in [0.4, 0.5) is 0 Å². The summed E-state index contributed by atoms with van der Waals surface area (Å²) in [5.41, 5.74) is 5.53. The van der Waals surface area contributed by atoms with Crippen molar-refractivity contribution in [1.29, 1.82) is 0 Å². The summed E-state index contributed by atoms with van der Waals surface area (Å²) in [4.78, 5) is 0. The highest BCUT2D eigenvalue weighted by atomic mass is 32.1. The summed E-state index contributed by atoms with van der Waals surface area (Å²) in [6.07, 6.45) is 5.18. The first-order valence-corrected chi connectivity index (χ1v) is 4.22. The predicted molar refractivity (Wildman–Crippen MR) is 43.8 cm³/mol. The third-order valence-corrected chi connectivity index (χ3v) is 2.56. The van der Waals surface area contributed by atoms with Crippen molar-refractivity contribution in [1.82, 2.24) is 0 Å². The molecule has 1 rings (SSSR count). The first-order chi connectivity index (χ1) is 4.33. The van der Waals surface area contributed by atoms with Crippen LogP contribution in [0, 0.1) is 5.92 Å². The van der Waals surface area contributed by atoms with Gasteiger partial charge in [0.2, 0.25) is 0 Å². The Hall–Kier alpha value is 0.310. The van der Waals surface area contributed by atoms with Crippen molar-refractivity contribution in [3.63, 3.8) is 0 Å². The molecule has 2 atom stereocenters. The largest absolute Gasteiger partial charge is 0.330 e. The standard InChI is InChI=1S/C7H15NS/c8-5-6-2-1-3-7(9)4-6/h6-7,9H,1-5,8H2/t6-,7-/m0/s1. The zero-order chi connectivity index (χ0) is 6.69. The third-order valence-electron chi connectivity index (χ3n) is 2.09. The Kier molecular flexibility index (Phi) is 2.86. The van der Waals surface area contributed by atoms with Gasteiger partial charge in [0.15, 0.2) is 0 Å². The molecule has 2 N–H and O–H groups in total. The lowest BCUT2D eigenvalue weighted by molar-refractivity contribution is 0.375. The number of nitrogens with two attached hydrogens (primary N) is 1. The van der Waals surface area contributed by atoms with E-state index in [1.54, 1.807) is 0 Å². The van der Waals surface area contributed by atoms with Crippen LogP contribution in [0.3, 0.4) is 0 Å². The van der Waals surface area contributed by atoms with Crippen molar-refractivity contribution in [2.45, 2.75) is 30.9 Å². The first-order valence-electron chi connectivity index (χ1n) is 3.71. The molecule has 0 aromatic heterocycles. The minimum absolute atomic E-state index is 0.632. The molecule has 0 amide bonds. The van der Waals surface area contributed by atoms with Gasteiger partial charge in [-0.3, -0.25) is 0 Å². The second-order valence-corrected chi connectivity index (χ2v) is 3.65. The van der Waals surface area contributed by atoms with E-state index in [0.29, 0.717) is 5.25 Å². The van der Waals surface area contributed by atoms with Gasteiger partial charge in [0.1, 0.15) is 0 Å². The molecule has 1 saturated carbocycles. The van der Waals surface area contributed by atoms with E-state index < -0.39 is 0 Å². The van der Waals surface area contributed by atoms with E-state index in [2.05, 4.69) is 12.6 Å². The zero-order valence-electron chi connectivity index (χ0n) is 5.71. The topological polar surface area (TPSA) is 26.0 Å². The van der Waals surface area contributed by atoms with Gasteiger partial charge in [-0.1, -0.05) is 6.42 Å². The first kappa shape index (κ1) is 7.42. The van der Waals surface area contributed by atoms with Crippen molar-refractivity contribution in [2.24, 2.45) is 11.7 Å². The molecule has 0 aliphatic heterocycles. The lowest BCUT2D eigenvalue weighted by Crippen LogP contribution is -2.22. The van der Waals surface area contributed by atoms with Crippen LogP contribution in [0.25, 0.3) is 0 Å². The maximum Gasteiger partial charge on any atom is 0.00199 e. The molecule has 9 heavy (non-hydrogen) atoms. The summed E-state index contributed by atoms with van der Waals surface area (Å²) < 4.78 is 0. The van der Waals surface area contributed by atoms with Gasteiger partial charge >= 0.3 is 0 Å². The second kappa shape index (κ2) is 3.47. The van der Waals surface area contributed by atoms with Crippen LogP contribution in [0.15, 0.2) is 0 Å². The minimum atomic E-state index is 0.632. The van der Waals surface area contributed by atoms with Crippen LogP contribution in [0.1, 0.15) is 25.7 Å². The Morgan fingerprint density at radius 3 is 2.67 bits per heavy atom. The highest BCUT2D eigenvalue weighted by Gasteiger charge is 2.17. The van der Waals surface area contributed by atoms with Gasteiger partial charge < -0.3 is 5.73 Å². The molecule has 0 unspecified atom stereocenters. The van der Waals surface area contributed by atoms with Crippen molar-refractivity contribution in [3.8, 4) is 0 Å². The van der Waals surface area contributed by atoms with Crippen LogP contribution in [0.2, 0.25) is 0 Å². The van der Waals surface area contributed by atoms with E-state index in [0.717, 1.165) is 12.5 Å². The van der Waals surface area contributed by atoms with Gasteiger partial charge in [-0.15, -0.1) is 0 Å². The zero-order valence-corrected chi connectivity index (χ0v) is 6.61. The molecule has 0 aromatic carbocycles. The molecule has 1 nitrogen and oxygen atoms in total. The Labute approximate surface area is 62.4 Å². The van der Waals surface area contributed by atoms with Crippen LogP contribution in [-0.4, -0.2) is 11.8 Å². The predicted octanol–water partition coefficient (Wildman–Crippen LogP) is 1.43. The monoisotopic (exact) mass is 145 g/mol. The summed E-state index contributed by atoms with van der Waals surface area (Å²) in [6, 6.07) is 0. The van der Waals surface area contributed by atoms with E-state index in [9.17, 15) is 0 Å². The Morgan fingerprint density at radius 2 is 2.22 bits per heavy atom. The fraction of sp³-hybridized carbons (Fsp3) is 1.00. The molecule has 0 saturated heterocycles. The average molecular weight is 145 g/mol. The van der Waals surface area contributed by atoms with Crippen molar-refractivity contribution >= 4 is 12.6 Å². The highest BCUT2D eigenvalue weighted by molar-refractivity contribution is 7.80. The van der Waals surface area contributed by atoms with Crippen LogP contribution in [0.5, 0.6) is 0 Å². The lowest BCUT2D eigenvalue weighted by Gasteiger charge is -2.24. The van der Waals surface area contributed by atoms with Gasteiger partial charge in [-0.05, 0) is 31.7 Å². The lowest BCUT2D eigenvalue weighted by atomic mass is 9.89. The van der Waals surface area contributed by atoms with Gasteiger partial charge in [-0.2, -0.15) is 12.6 Å². The maximum absolute atomic E-state index is 5.53. The molecule has 0 spiro atoms. The quantitative estimate of drug-likeness (QED) is 0.536. The van der Waals surface area contributed by atoms with Gasteiger partial charge in [-0.25, -0.2) is 0 Å². The fourth-order valence-electron chi connectivity index (χ4n) is 1.48. The van der Waals surface area contributed by atoms with Crippen LogP contribution < -0.4 is 5.73 Å². The van der Waals surface area contributed by atoms with E-state index in [-0.39, 0.29) is 0 Å². The third kappa shape index (κ3) is 2.18. The maximum atomic E-state index is 5.53.